The smallest absolute Gasteiger partial charge is 0.260 e. The maximum absolute atomic E-state index is 13.6. The highest BCUT2D eigenvalue weighted by Gasteiger charge is 2.14. The van der Waals surface area contributed by atoms with Crippen molar-refractivity contribution in [1.29, 1.82) is 0 Å². The molecule has 0 radical (unpaired) electrons. The number of hydrogen-bond donors (Lipinski definition) is 1. The molecule has 0 aliphatic carbocycles. The highest BCUT2D eigenvalue weighted by atomic mass is 32.1. The Bertz CT molecular complexity index is 833. The summed E-state index contributed by atoms with van der Waals surface area (Å²) in [6, 6.07) is 13.0. The summed E-state index contributed by atoms with van der Waals surface area (Å²) >= 11 is 1.04. The molecule has 0 saturated carbocycles. The largest absolute Gasteiger partial charge is 0.497 e. The number of aromatic nitrogens is 2. The van der Waals surface area contributed by atoms with E-state index in [2.05, 4.69) is 14.7 Å². The van der Waals surface area contributed by atoms with Crippen molar-refractivity contribution in [3.63, 3.8) is 0 Å². The fourth-order valence-electron chi connectivity index (χ4n) is 1.94. The first-order valence-electron chi connectivity index (χ1n) is 6.71. The molecule has 23 heavy (non-hydrogen) atoms. The van der Waals surface area contributed by atoms with Gasteiger partial charge >= 0.3 is 0 Å². The highest BCUT2D eigenvalue weighted by Crippen LogP contribution is 2.23. The Labute approximate surface area is 135 Å². The van der Waals surface area contributed by atoms with Crippen LogP contribution in [0.1, 0.15) is 10.4 Å². The molecule has 0 atom stereocenters. The minimum Gasteiger partial charge on any atom is -0.497 e. The first-order chi connectivity index (χ1) is 11.2. The van der Waals surface area contributed by atoms with Crippen LogP contribution in [0.4, 0.5) is 9.52 Å². The Morgan fingerprint density at radius 3 is 2.61 bits per heavy atom. The molecule has 0 spiro atoms. The Morgan fingerprint density at radius 2 is 1.91 bits per heavy atom. The molecule has 7 heteroatoms. The summed E-state index contributed by atoms with van der Waals surface area (Å²) in [5.74, 6) is 0.0870. The first kappa shape index (κ1) is 15.1. The summed E-state index contributed by atoms with van der Waals surface area (Å²) in [5, 5.41) is 2.86. The Kier molecular flexibility index (Phi) is 4.29. The molecule has 1 amide bonds. The van der Waals surface area contributed by atoms with Crippen molar-refractivity contribution < 1.29 is 13.9 Å². The lowest BCUT2D eigenvalue weighted by Gasteiger charge is -2.02. The molecule has 3 rings (SSSR count). The van der Waals surface area contributed by atoms with Gasteiger partial charge < -0.3 is 4.74 Å². The summed E-state index contributed by atoms with van der Waals surface area (Å²) in [6.45, 7) is 0. The molecule has 0 saturated heterocycles. The Hall–Kier alpha value is -2.80. The molecule has 0 bridgehead atoms. The van der Waals surface area contributed by atoms with Gasteiger partial charge in [0.05, 0.1) is 12.7 Å². The molecule has 0 unspecified atom stereocenters. The monoisotopic (exact) mass is 329 g/mol. The quantitative estimate of drug-likeness (QED) is 0.794. The summed E-state index contributed by atoms with van der Waals surface area (Å²) in [5.41, 5.74) is 0.766. The van der Waals surface area contributed by atoms with Crippen molar-refractivity contribution in [2.75, 3.05) is 12.4 Å². The second-order valence-electron chi connectivity index (χ2n) is 4.59. The lowest BCUT2D eigenvalue weighted by atomic mass is 10.2. The van der Waals surface area contributed by atoms with Gasteiger partial charge in [0.1, 0.15) is 11.6 Å². The van der Waals surface area contributed by atoms with Crippen LogP contribution in [0.15, 0.2) is 48.5 Å². The van der Waals surface area contributed by atoms with E-state index in [9.17, 15) is 9.18 Å². The molecular weight excluding hydrogens is 317 g/mol. The molecule has 1 heterocycles. The minimum absolute atomic E-state index is 0.0336. The number of benzene rings is 2. The maximum Gasteiger partial charge on any atom is 0.260 e. The number of methoxy groups -OCH3 is 1. The van der Waals surface area contributed by atoms with E-state index in [1.165, 1.54) is 18.2 Å². The fraction of sp³-hybridized carbons (Fsp3) is 0.0625. The van der Waals surface area contributed by atoms with Gasteiger partial charge in [0.25, 0.3) is 5.91 Å². The third-order valence-corrected chi connectivity index (χ3v) is 3.74. The second-order valence-corrected chi connectivity index (χ2v) is 5.34. The van der Waals surface area contributed by atoms with Crippen LogP contribution in [0.5, 0.6) is 5.75 Å². The average molecular weight is 329 g/mol. The van der Waals surface area contributed by atoms with Crippen molar-refractivity contribution in [3.05, 3.63) is 59.9 Å². The molecule has 3 aromatic rings. The van der Waals surface area contributed by atoms with Gasteiger partial charge in [-0.3, -0.25) is 10.1 Å². The Morgan fingerprint density at radius 1 is 1.17 bits per heavy atom. The van der Waals surface area contributed by atoms with Gasteiger partial charge in [-0.2, -0.15) is 9.36 Å². The molecule has 0 aliphatic rings. The maximum atomic E-state index is 13.6. The number of amides is 1. The standard InChI is InChI=1S/C16H12FN3O2S/c1-22-11-8-6-10(7-9-11)14-18-16(23-20-14)19-15(21)12-4-2-3-5-13(12)17/h2-9H,1H3,(H,18,19,20,21). The molecule has 2 aromatic carbocycles. The third-order valence-electron chi connectivity index (χ3n) is 3.11. The minimum atomic E-state index is -0.579. The molecule has 1 aromatic heterocycles. The molecule has 0 fully saturated rings. The zero-order chi connectivity index (χ0) is 16.2. The van der Waals surface area contributed by atoms with Crippen LogP contribution in [0.2, 0.25) is 0 Å². The molecule has 116 valence electrons. The van der Waals surface area contributed by atoms with E-state index in [-0.39, 0.29) is 5.56 Å². The van der Waals surface area contributed by atoms with Gasteiger partial charge in [-0.05, 0) is 36.4 Å². The number of halogens is 1. The first-order valence-corrected chi connectivity index (χ1v) is 7.49. The van der Waals surface area contributed by atoms with Crippen molar-refractivity contribution in [2.45, 2.75) is 0 Å². The molecule has 0 aliphatic heterocycles. The van der Waals surface area contributed by atoms with Gasteiger partial charge in [-0.15, -0.1) is 0 Å². The molecule has 5 nitrogen and oxygen atoms in total. The van der Waals surface area contributed by atoms with Crippen LogP contribution in [0.25, 0.3) is 11.4 Å². The molecular formula is C16H12FN3O2S. The number of carbonyl (C=O) groups excluding carboxylic acids is 1. The van der Waals surface area contributed by atoms with Gasteiger partial charge in [0.2, 0.25) is 5.13 Å². The number of ether oxygens (including phenoxy) is 1. The van der Waals surface area contributed by atoms with Crippen molar-refractivity contribution in [1.82, 2.24) is 9.36 Å². The van der Waals surface area contributed by atoms with Crippen LogP contribution in [-0.4, -0.2) is 22.4 Å². The van der Waals surface area contributed by atoms with Crippen molar-refractivity contribution in [2.24, 2.45) is 0 Å². The fourth-order valence-corrected chi connectivity index (χ4v) is 2.53. The number of hydrogen-bond acceptors (Lipinski definition) is 5. The Balaban J connectivity index is 1.76. The number of nitrogens with zero attached hydrogens (tertiary/aromatic N) is 2. The van der Waals surface area contributed by atoms with E-state index in [1.807, 2.05) is 12.1 Å². The van der Waals surface area contributed by atoms with E-state index in [4.69, 9.17) is 4.74 Å². The van der Waals surface area contributed by atoms with Crippen molar-refractivity contribution in [3.8, 4) is 17.1 Å². The van der Waals surface area contributed by atoms with Crippen molar-refractivity contribution >= 4 is 22.6 Å². The van der Waals surface area contributed by atoms with Gasteiger partial charge in [0, 0.05) is 17.1 Å². The van der Waals surface area contributed by atoms with E-state index < -0.39 is 11.7 Å². The van der Waals surface area contributed by atoms with Crippen LogP contribution < -0.4 is 10.1 Å². The van der Waals surface area contributed by atoms with Crippen LogP contribution in [-0.2, 0) is 0 Å². The SMILES string of the molecule is COc1ccc(-c2nsc(NC(=O)c3ccccc3F)n2)cc1. The predicted molar refractivity (Wildman–Crippen MR) is 86.3 cm³/mol. The predicted octanol–water partition coefficient (Wildman–Crippen LogP) is 3.61. The number of anilines is 1. The summed E-state index contributed by atoms with van der Waals surface area (Å²) in [7, 11) is 1.59. The van der Waals surface area contributed by atoms with Crippen LogP contribution in [0.3, 0.4) is 0 Å². The number of nitrogens with one attached hydrogen (secondary N) is 1. The summed E-state index contributed by atoms with van der Waals surface area (Å²) in [6.07, 6.45) is 0. The zero-order valence-corrected chi connectivity index (χ0v) is 12.9. The van der Waals surface area contributed by atoms with Crippen LogP contribution in [0, 0.1) is 5.82 Å². The van der Waals surface area contributed by atoms with E-state index >= 15 is 0 Å². The van der Waals surface area contributed by atoms with Gasteiger partial charge in [-0.25, -0.2) is 4.39 Å². The third kappa shape index (κ3) is 3.35. The van der Waals surface area contributed by atoms with E-state index in [0.717, 1.165) is 22.8 Å². The zero-order valence-electron chi connectivity index (χ0n) is 12.1. The van der Waals surface area contributed by atoms with Gasteiger partial charge in [-0.1, -0.05) is 12.1 Å². The number of rotatable bonds is 4. The van der Waals surface area contributed by atoms with E-state index in [1.54, 1.807) is 25.3 Å². The second kappa shape index (κ2) is 6.53. The lowest BCUT2D eigenvalue weighted by molar-refractivity contribution is 0.102. The van der Waals surface area contributed by atoms with Crippen LogP contribution >= 0.6 is 11.5 Å². The summed E-state index contributed by atoms with van der Waals surface area (Å²) < 4.78 is 22.9. The average Bonchev–Trinajstić information content (AvgIpc) is 3.03. The van der Waals surface area contributed by atoms with E-state index in [0.29, 0.717) is 11.0 Å². The summed E-state index contributed by atoms with van der Waals surface area (Å²) in [4.78, 5) is 16.3. The number of carbonyl (C=O) groups is 1. The molecule has 1 N–H and O–H groups in total. The lowest BCUT2D eigenvalue weighted by Crippen LogP contribution is -2.13. The highest BCUT2D eigenvalue weighted by molar-refractivity contribution is 7.10. The van der Waals surface area contributed by atoms with Gasteiger partial charge in [0.15, 0.2) is 5.82 Å². The topological polar surface area (TPSA) is 64.1 Å². The normalized spacial score (nSPS) is 10.3.